The Kier molecular flexibility index (Phi) is 8.97. The molecule has 6 aromatic carbocycles. The van der Waals surface area contributed by atoms with Crippen molar-refractivity contribution in [1.82, 2.24) is 0 Å². The average molecular weight is 696 g/mol. The highest BCUT2D eigenvalue weighted by atomic mass is 35.5. The molecule has 0 amide bonds. The van der Waals surface area contributed by atoms with Crippen LogP contribution in [0.1, 0.15) is 47.2 Å². The van der Waals surface area contributed by atoms with E-state index in [0.29, 0.717) is 0 Å². The summed E-state index contributed by atoms with van der Waals surface area (Å²) < 4.78 is 0. The van der Waals surface area contributed by atoms with Crippen LogP contribution in [0.25, 0.3) is 0 Å². The van der Waals surface area contributed by atoms with Crippen LogP contribution in [0.3, 0.4) is 0 Å². The summed E-state index contributed by atoms with van der Waals surface area (Å²) in [7, 11) is 0. The minimum Gasteiger partial charge on any atom is -0.257 e. The number of hydrazone groups is 2. The maximum Gasteiger partial charge on any atom is 0.0831 e. The molecule has 6 aromatic rings. The summed E-state index contributed by atoms with van der Waals surface area (Å²) in [5, 5.41) is 16.0. The standard InChI is InChI=1S/C42H32Cl2N4S/c43-33-19-11-31(12-20-33)41-27-39(45-47(41)35-7-3-1-4-8-35)29-15-23-37(24-16-29)49-38-25-17-30(18-26-38)40-28-42(32-13-21-34(44)22-14-32)48(46-40)36-9-5-2-6-10-36/h1-26,41-42H,27-28H2. The number of anilines is 2. The molecule has 49 heavy (non-hydrogen) atoms. The van der Waals surface area contributed by atoms with E-state index in [1.807, 2.05) is 36.4 Å². The number of hydrogen-bond donors (Lipinski definition) is 0. The lowest BCUT2D eigenvalue weighted by Gasteiger charge is -2.24. The Morgan fingerprint density at radius 3 is 1.18 bits per heavy atom. The molecule has 2 atom stereocenters. The van der Waals surface area contributed by atoms with Crippen molar-refractivity contribution in [2.45, 2.75) is 34.7 Å². The van der Waals surface area contributed by atoms with Crippen molar-refractivity contribution >= 4 is 57.8 Å². The molecule has 0 aliphatic carbocycles. The van der Waals surface area contributed by atoms with Gasteiger partial charge in [0.25, 0.3) is 0 Å². The van der Waals surface area contributed by atoms with E-state index in [9.17, 15) is 0 Å². The molecule has 2 heterocycles. The van der Waals surface area contributed by atoms with Crippen molar-refractivity contribution in [1.29, 1.82) is 0 Å². The normalized spacial score (nSPS) is 17.3. The molecule has 0 spiro atoms. The molecule has 8 rings (SSSR count). The van der Waals surface area contributed by atoms with Gasteiger partial charge in [-0.05, 0) is 95.1 Å². The van der Waals surface area contributed by atoms with Gasteiger partial charge in [-0.1, -0.05) is 120 Å². The second-order valence-electron chi connectivity index (χ2n) is 12.1. The summed E-state index contributed by atoms with van der Waals surface area (Å²) in [4.78, 5) is 2.36. The topological polar surface area (TPSA) is 31.2 Å². The van der Waals surface area contributed by atoms with Gasteiger partial charge in [0.05, 0.1) is 34.9 Å². The Bertz CT molecular complexity index is 1950. The van der Waals surface area contributed by atoms with Crippen LogP contribution in [0.5, 0.6) is 0 Å². The molecule has 0 saturated heterocycles. The minimum absolute atomic E-state index is 0.105. The third kappa shape index (κ3) is 6.88. The molecule has 0 aromatic heterocycles. The molecule has 0 fully saturated rings. The van der Waals surface area contributed by atoms with Gasteiger partial charge in [0, 0.05) is 32.7 Å². The first-order valence-corrected chi connectivity index (χ1v) is 17.9. The highest BCUT2D eigenvalue weighted by molar-refractivity contribution is 7.99. The van der Waals surface area contributed by atoms with E-state index in [1.54, 1.807) is 11.8 Å². The zero-order valence-electron chi connectivity index (χ0n) is 26.5. The van der Waals surface area contributed by atoms with Crippen molar-refractivity contribution in [3.63, 3.8) is 0 Å². The summed E-state index contributed by atoms with van der Waals surface area (Å²) in [6, 6.07) is 54.6. The third-order valence-corrected chi connectivity index (χ3v) is 10.5. The monoisotopic (exact) mass is 694 g/mol. The zero-order chi connectivity index (χ0) is 33.2. The quantitative estimate of drug-likeness (QED) is 0.159. The number of halogens is 2. The fourth-order valence-electron chi connectivity index (χ4n) is 6.46. The summed E-state index contributed by atoms with van der Waals surface area (Å²) in [6.07, 6.45) is 1.63. The van der Waals surface area contributed by atoms with E-state index in [1.165, 1.54) is 20.9 Å². The lowest BCUT2D eigenvalue weighted by Crippen LogP contribution is -2.18. The molecular weight excluding hydrogens is 663 g/mol. The predicted octanol–water partition coefficient (Wildman–Crippen LogP) is 11.9. The Hall–Kier alpha value is -4.81. The Balaban J connectivity index is 0.980. The Labute approximate surface area is 301 Å². The van der Waals surface area contributed by atoms with Gasteiger partial charge >= 0.3 is 0 Å². The fraction of sp³-hybridized carbons (Fsp3) is 0.0952. The minimum atomic E-state index is 0.105. The zero-order valence-corrected chi connectivity index (χ0v) is 28.9. The molecule has 0 saturated carbocycles. The van der Waals surface area contributed by atoms with Gasteiger partial charge in [-0.3, -0.25) is 10.0 Å². The number of para-hydroxylation sites is 2. The lowest BCUT2D eigenvalue weighted by molar-refractivity contribution is 0.709. The molecule has 0 bridgehead atoms. The van der Waals surface area contributed by atoms with E-state index in [-0.39, 0.29) is 12.1 Å². The largest absolute Gasteiger partial charge is 0.257 e. The summed E-state index contributed by atoms with van der Waals surface area (Å²) in [5.74, 6) is 0. The molecular formula is C42H32Cl2N4S. The van der Waals surface area contributed by atoms with Gasteiger partial charge < -0.3 is 0 Å². The smallest absolute Gasteiger partial charge is 0.0831 e. The predicted molar refractivity (Wildman–Crippen MR) is 206 cm³/mol. The van der Waals surface area contributed by atoms with Crippen molar-refractivity contribution in [2.75, 3.05) is 10.0 Å². The second kappa shape index (κ2) is 14.0. The molecule has 2 aliphatic heterocycles. The number of rotatable bonds is 8. The van der Waals surface area contributed by atoms with Gasteiger partial charge in [0.2, 0.25) is 0 Å². The SMILES string of the molecule is Clc1ccc(C2CC(c3ccc(Sc4ccc(C5=NN(c6ccccc6)C(c6ccc(Cl)cc6)C5)cc4)cc3)=NN2c2ccccc2)cc1. The molecule has 7 heteroatoms. The van der Waals surface area contributed by atoms with Crippen LogP contribution in [0, 0.1) is 0 Å². The van der Waals surface area contributed by atoms with E-state index in [2.05, 4.69) is 131 Å². The van der Waals surface area contributed by atoms with Gasteiger partial charge in [-0.15, -0.1) is 0 Å². The summed E-state index contributed by atoms with van der Waals surface area (Å²) >= 11 is 14.2. The first-order valence-electron chi connectivity index (χ1n) is 16.3. The first kappa shape index (κ1) is 31.5. The first-order chi connectivity index (χ1) is 24.1. The van der Waals surface area contributed by atoms with E-state index < -0.39 is 0 Å². The number of benzene rings is 6. The van der Waals surface area contributed by atoms with E-state index in [4.69, 9.17) is 33.4 Å². The molecule has 0 N–H and O–H groups in total. The molecule has 2 unspecified atom stereocenters. The van der Waals surface area contributed by atoms with Gasteiger partial charge in [0.15, 0.2) is 0 Å². The Morgan fingerprint density at radius 1 is 0.449 bits per heavy atom. The molecule has 4 nitrogen and oxygen atoms in total. The summed E-state index contributed by atoms with van der Waals surface area (Å²) in [5.41, 5.74) is 8.95. The average Bonchev–Trinajstić information content (AvgIpc) is 3.80. The van der Waals surface area contributed by atoms with E-state index in [0.717, 1.165) is 56.8 Å². The van der Waals surface area contributed by atoms with Crippen LogP contribution in [0.2, 0.25) is 10.0 Å². The Morgan fingerprint density at radius 2 is 0.816 bits per heavy atom. The third-order valence-electron chi connectivity index (χ3n) is 8.98. The van der Waals surface area contributed by atoms with Crippen molar-refractivity contribution in [2.24, 2.45) is 10.2 Å². The van der Waals surface area contributed by atoms with Crippen molar-refractivity contribution in [3.8, 4) is 0 Å². The summed E-state index contributed by atoms with van der Waals surface area (Å²) in [6.45, 7) is 0. The van der Waals surface area contributed by atoms with Crippen LogP contribution in [-0.4, -0.2) is 11.4 Å². The molecule has 240 valence electrons. The van der Waals surface area contributed by atoms with Gasteiger partial charge in [-0.2, -0.15) is 10.2 Å². The van der Waals surface area contributed by atoms with Crippen LogP contribution in [0.4, 0.5) is 11.4 Å². The van der Waals surface area contributed by atoms with Crippen LogP contribution >= 0.6 is 35.0 Å². The van der Waals surface area contributed by atoms with Crippen molar-refractivity contribution in [3.05, 3.63) is 190 Å². The van der Waals surface area contributed by atoms with E-state index >= 15 is 0 Å². The van der Waals surface area contributed by atoms with Gasteiger partial charge in [0.1, 0.15) is 0 Å². The van der Waals surface area contributed by atoms with Gasteiger partial charge in [-0.25, -0.2) is 0 Å². The number of hydrogen-bond acceptors (Lipinski definition) is 5. The lowest BCUT2D eigenvalue weighted by atomic mass is 9.98. The van der Waals surface area contributed by atoms with Crippen LogP contribution in [0.15, 0.2) is 178 Å². The highest BCUT2D eigenvalue weighted by Gasteiger charge is 2.31. The fourth-order valence-corrected chi connectivity index (χ4v) is 7.53. The maximum atomic E-state index is 6.21. The number of nitrogens with zero attached hydrogens (tertiary/aromatic N) is 4. The highest BCUT2D eigenvalue weighted by Crippen LogP contribution is 2.39. The van der Waals surface area contributed by atoms with Crippen molar-refractivity contribution < 1.29 is 0 Å². The van der Waals surface area contributed by atoms with Crippen LogP contribution in [-0.2, 0) is 0 Å². The second-order valence-corrected chi connectivity index (χ2v) is 14.2. The maximum absolute atomic E-state index is 6.21. The molecule has 0 radical (unpaired) electrons. The molecule has 2 aliphatic rings. The van der Waals surface area contributed by atoms with Crippen LogP contribution < -0.4 is 10.0 Å².